The summed E-state index contributed by atoms with van der Waals surface area (Å²) in [4.78, 5) is 45.9. The number of ether oxygens (including phenoxy) is 5. The van der Waals surface area contributed by atoms with E-state index in [0.717, 1.165) is 17.7 Å². The number of halogens is 1. The van der Waals surface area contributed by atoms with Gasteiger partial charge in [-0.3, -0.25) is 14.3 Å². The SMILES string of the molecule is CC[C@H]1OC(=O)[C@H](C)C(=O)[C@H](C)[C@@H](O[C@@H]2OC(C)CC(N(C)C)C2O)[C@](C)(OC)CC(C)C[C@H](C)[C@H]2N(CCCCn3cc(-c4cccc(N)c4)nn3)C(=O)O[C@]12C.CSF. The number of cyclic esters (lactones) is 1. The summed E-state index contributed by atoms with van der Waals surface area (Å²) in [5.74, 6) is -3.16. The van der Waals surface area contributed by atoms with Crippen LogP contribution in [-0.2, 0) is 39.8 Å². The predicted octanol–water partition coefficient (Wildman–Crippen LogP) is 6.57. The van der Waals surface area contributed by atoms with Gasteiger partial charge in [0.25, 0.3) is 0 Å². The first-order valence-corrected chi connectivity index (χ1v) is 22.7. The van der Waals surface area contributed by atoms with E-state index in [1.807, 2.05) is 77.2 Å². The Morgan fingerprint density at radius 3 is 2.38 bits per heavy atom. The van der Waals surface area contributed by atoms with E-state index in [-0.39, 0.29) is 41.9 Å². The summed E-state index contributed by atoms with van der Waals surface area (Å²) in [5, 5.41) is 20.1. The summed E-state index contributed by atoms with van der Waals surface area (Å²) in [7, 11) is 5.41. The molecule has 0 bridgehead atoms. The van der Waals surface area contributed by atoms with Gasteiger partial charge >= 0.3 is 12.1 Å². The number of likely N-dealkylation sites (N-methyl/N-ethyl adjacent to an activating group) is 1. The number of benzene rings is 1. The number of hydrogen-bond acceptors (Lipinski definition) is 14. The number of Topliss-reactive ketones (excluding diaryl/α,β-unsaturated/α-hetero) is 1. The number of rotatable bonds is 11. The van der Waals surface area contributed by atoms with E-state index >= 15 is 0 Å². The molecular formula is C44H71FN6O9S. The highest BCUT2D eigenvalue weighted by molar-refractivity contribution is 7.93. The monoisotopic (exact) mass is 878 g/mol. The van der Waals surface area contributed by atoms with E-state index < -0.39 is 65.7 Å². The average Bonchev–Trinajstić information content (AvgIpc) is 3.78. The number of nitrogen functional groups attached to an aromatic ring is 1. The van der Waals surface area contributed by atoms with Gasteiger partial charge in [-0.2, -0.15) is 3.89 Å². The second-order valence-corrected chi connectivity index (χ2v) is 18.3. The van der Waals surface area contributed by atoms with Gasteiger partial charge in [-0.05, 0) is 104 Å². The Balaban J connectivity index is 0.00000265. The standard InChI is InChI=1S/C43H68N6O9.CH3FS/c1-12-34-43(8)37(49(41(53)58-43)19-14-13-18-48-24-32(45-46-48)30-16-15-17-31(44)22-30)26(3)20-25(2)23-42(7,54-11)38(28(5)35(50)29(6)39(52)56-34)57-40-36(51)33(47(9)10)21-27(4)55-40;1-3-2/h15-17,22,24-29,33-34,36-38,40,51H,12-14,18-21,23,44H2,1-11H3;1H3/t25?,26-,27?,28-,29+,33?,34+,36?,37+,38+,40-,42+,43+;/m0./s1. The van der Waals surface area contributed by atoms with Gasteiger partial charge in [-0.25, -0.2) is 4.79 Å². The van der Waals surface area contributed by atoms with Crippen molar-refractivity contribution in [2.75, 3.05) is 39.7 Å². The number of nitrogens with two attached hydrogens (primary N) is 1. The number of aliphatic hydroxyl groups is 1. The minimum Gasteiger partial charge on any atom is -0.458 e. The Hall–Kier alpha value is -3.35. The first kappa shape index (κ1) is 50.3. The Morgan fingerprint density at radius 2 is 1.75 bits per heavy atom. The van der Waals surface area contributed by atoms with E-state index in [0.29, 0.717) is 50.9 Å². The second kappa shape index (κ2) is 21.8. The van der Waals surface area contributed by atoms with Crippen molar-refractivity contribution in [1.82, 2.24) is 24.8 Å². The number of aryl methyl sites for hydroxylation is 1. The van der Waals surface area contributed by atoms with E-state index in [4.69, 9.17) is 29.4 Å². The van der Waals surface area contributed by atoms with Crippen LogP contribution < -0.4 is 5.73 Å². The summed E-state index contributed by atoms with van der Waals surface area (Å²) in [6, 6.07) is 6.84. The largest absolute Gasteiger partial charge is 0.458 e. The normalized spacial score (nSPS) is 35.2. The zero-order chi connectivity index (χ0) is 45.4. The molecule has 1 amide bonds. The molecule has 1 aromatic carbocycles. The summed E-state index contributed by atoms with van der Waals surface area (Å²) < 4.78 is 43.6. The van der Waals surface area contributed by atoms with Crippen molar-refractivity contribution >= 4 is 35.7 Å². The van der Waals surface area contributed by atoms with Gasteiger partial charge in [-0.15, -0.1) is 5.10 Å². The molecule has 15 nitrogen and oxygen atoms in total. The van der Waals surface area contributed by atoms with Crippen LogP contribution >= 0.6 is 12.1 Å². The summed E-state index contributed by atoms with van der Waals surface area (Å²) >= 11 is 0.250. The number of anilines is 1. The first-order chi connectivity index (χ1) is 28.7. The van der Waals surface area contributed by atoms with E-state index in [9.17, 15) is 23.4 Å². The number of carbonyl (C=O) groups is 3. The fourth-order valence-electron chi connectivity index (χ4n) is 9.83. The maximum atomic E-state index is 14.3. The van der Waals surface area contributed by atoms with Crippen molar-refractivity contribution in [2.45, 2.75) is 154 Å². The van der Waals surface area contributed by atoms with Crippen molar-refractivity contribution in [3.05, 3.63) is 30.5 Å². The zero-order valence-corrected chi connectivity index (χ0v) is 39.0. The predicted molar refractivity (Wildman–Crippen MR) is 233 cm³/mol. The third-order valence-electron chi connectivity index (χ3n) is 12.9. The Kier molecular flexibility index (Phi) is 18.0. The van der Waals surface area contributed by atoms with Crippen LogP contribution in [0.2, 0.25) is 0 Å². The lowest BCUT2D eigenvalue weighted by Gasteiger charge is -2.47. The molecule has 4 heterocycles. The fourth-order valence-corrected chi connectivity index (χ4v) is 9.83. The average molecular weight is 879 g/mol. The van der Waals surface area contributed by atoms with Crippen molar-refractivity contribution in [2.24, 2.45) is 23.7 Å². The Bertz CT molecular complexity index is 1760. The number of ketones is 1. The Morgan fingerprint density at radius 1 is 1.08 bits per heavy atom. The number of amides is 1. The summed E-state index contributed by atoms with van der Waals surface area (Å²) in [6.07, 6.45) is 2.40. The minimum absolute atomic E-state index is 0.0188. The lowest BCUT2D eigenvalue weighted by atomic mass is 9.74. The smallest absolute Gasteiger partial charge is 0.410 e. The maximum Gasteiger partial charge on any atom is 0.410 e. The van der Waals surface area contributed by atoms with E-state index in [2.05, 4.69) is 24.2 Å². The van der Waals surface area contributed by atoms with Crippen LogP contribution in [0.25, 0.3) is 11.3 Å². The topological polar surface area (TPSA) is 181 Å². The molecule has 1 aromatic heterocycles. The van der Waals surface area contributed by atoms with Crippen LogP contribution in [0.4, 0.5) is 14.4 Å². The summed E-state index contributed by atoms with van der Waals surface area (Å²) in [6.45, 7) is 16.2. The number of carbonyl (C=O) groups excluding carboxylic acids is 3. The van der Waals surface area contributed by atoms with Crippen molar-refractivity contribution in [1.29, 1.82) is 0 Å². The first-order valence-electron chi connectivity index (χ1n) is 21.6. The number of aromatic nitrogens is 3. The second-order valence-electron chi connectivity index (χ2n) is 18.0. The lowest BCUT2D eigenvalue weighted by Crippen LogP contribution is -2.59. The van der Waals surface area contributed by atoms with Crippen molar-refractivity contribution in [3.63, 3.8) is 0 Å². The molecule has 3 aliphatic rings. The minimum atomic E-state index is -1.18. The van der Waals surface area contributed by atoms with Gasteiger partial charge in [0.2, 0.25) is 0 Å². The molecule has 4 unspecified atom stereocenters. The molecular weight excluding hydrogens is 808 g/mol. The molecule has 61 heavy (non-hydrogen) atoms. The molecule has 3 saturated heterocycles. The molecule has 0 aliphatic carbocycles. The molecule has 13 atom stereocenters. The molecule has 2 aromatic rings. The van der Waals surface area contributed by atoms with E-state index in [1.165, 1.54) is 6.26 Å². The molecule has 5 rings (SSSR count). The number of fused-ring (bicyclic) bond motifs is 1. The van der Waals surface area contributed by atoms with Crippen LogP contribution in [0.1, 0.15) is 93.9 Å². The number of methoxy groups -OCH3 is 1. The number of unbranched alkanes of at least 4 members (excludes halogenated alkanes) is 1. The molecule has 0 radical (unpaired) electrons. The number of nitrogens with zero attached hydrogens (tertiary/aromatic N) is 5. The highest BCUT2D eigenvalue weighted by atomic mass is 32.2. The molecule has 344 valence electrons. The van der Waals surface area contributed by atoms with E-state index in [1.54, 1.807) is 30.5 Å². The zero-order valence-electron chi connectivity index (χ0n) is 38.2. The van der Waals surface area contributed by atoms with Gasteiger partial charge in [0.05, 0.1) is 30.0 Å². The fraction of sp³-hybridized carbons (Fsp3) is 0.750. The van der Waals surface area contributed by atoms with Gasteiger partial charge < -0.3 is 44.3 Å². The highest BCUT2D eigenvalue weighted by Gasteiger charge is 2.59. The van der Waals surface area contributed by atoms with Gasteiger partial charge in [0.1, 0.15) is 23.8 Å². The summed E-state index contributed by atoms with van der Waals surface area (Å²) in [5.41, 5.74) is 6.02. The van der Waals surface area contributed by atoms with Gasteiger partial charge in [0.15, 0.2) is 17.7 Å². The van der Waals surface area contributed by atoms with Gasteiger partial charge in [-0.1, -0.05) is 45.0 Å². The molecule has 0 spiro atoms. The quantitative estimate of drug-likeness (QED) is 0.107. The number of aliphatic hydroxyl groups excluding tert-OH is 1. The molecule has 17 heteroatoms. The Labute approximate surface area is 366 Å². The molecule has 3 N–H and O–H groups in total. The third kappa shape index (κ3) is 11.8. The lowest BCUT2D eigenvalue weighted by molar-refractivity contribution is -0.295. The highest BCUT2D eigenvalue weighted by Crippen LogP contribution is 2.44. The number of hydrogen-bond donors (Lipinski definition) is 2. The van der Waals surface area contributed by atoms with Crippen LogP contribution in [0.5, 0.6) is 0 Å². The van der Waals surface area contributed by atoms with Crippen LogP contribution in [-0.4, -0.2) is 136 Å². The number of esters is 1. The van der Waals surface area contributed by atoms with Crippen LogP contribution in [0, 0.1) is 23.7 Å². The van der Waals surface area contributed by atoms with Gasteiger partial charge in [0, 0.05) is 61.8 Å². The molecule has 0 saturated carbocycles. The molecule has 3 fully saturated rings. The third-order valence-corrected chi connectivity index (χ3v) is 12.9. The maximum absolute atomic E-state index is 14.3. The molecule has 3 aliphatic heterocycles. The van der Waals surface area contributed by atoms with Crippen LogP contribution in [0.15, 0.2) is 30.5 Å². The van der Waals surface area contributed by atoms with Crippen molar-refractivity contribution in [3.8, 4) is 11.3 Å². The van der Waals surface area contributed by atoms with Crippen LogP contribution in [0.3, 0.4) is 0 Å². The van der Waals surface area contributed by atoms with Crippen molar-refractivity contribution < 1.29 is 47.1 Å².